The van der Waals surface area contributed by atoms with Gasteiger partial charge in [0.15, 0.2) is 0 Å². The molecule has 2 aromatic carbocycles. The summed E-state index contributed by atoms with van der Waals surface area (Å²) in [5.74, 6) is 0.941. The highest BCUT2D eigenvalue weighted by atomic mass is 35.5. The average Bonchev–Trinajstić information content (AvgIpc) is 2.48. The molecule has 2 aromatic rings. The van der Waals surface area contributed by atoms with Gasteiger partial charge in [0.1, 0.15) is 5.75 Å². The van der Waals surface area contributed by atoms with E-state index in [4.69, 9.17) is 16.3 Å². The Morgan fingerprint density at radius 1 is 1.00 bits per heavy atom. The Morgan fingerprint density at radius 3 is 2.38 bits per heavy atom. The molecule has 0 bridgehead atoms. The maximum absolute atomic E-state index is 6.37. The van der Waals surface area contributed by atoms with E-state index in [2.05, 4.69) is 17.4 Å². The van der Waals surface area contributed by atoms with E-state index < -0.39 is 0 Å². The van der Waals surface area contributed by atoms with Gasteiger partial charge in [-0.25, -0.2) is 0 Å². The molecular formula is C18H20ClNO. The lowest BCUT2D eigenvalue weighted by Crippen LogP contribution is -2.57. The van der Waals surface area contributed by atoms with Crippen molar-refractivity contribution in [2.75, 3.05) is 19.7 Å². The van der Waals surface area contributed by atoms with Gasteiger partial charge in [0.25, 0.3) is 0 Å². The minimum atomic E-state index is 0.179. The zero-order valence-corrected chi connectivity index (χ0v) is 12.8. The Morgan fingerprint density at radius 2 is 1.71 bits per heavy atom. The Labute approximate surface area is 131 Å². The molecule has 3 rings (SSSR count). The highest BCUT2D eigenvalue weighted by Gasteiger charge is 2.39. The maximum Gasteiger partial charge on any atom is 0.119 e. The summed E-state index contributed by atoms with van der Waals surface area (Å²) >= 11 is 6.37. The van der Waals surface area contributed by atoms with Gasteiger partial charge in [-0.2, -0.15) is 0 Å². The molecule has 1 fully saturated rings. The fraction of sp³-hybridized carbons (Fsp3) is 0.333. The third kappa shape index (κ3) is 3.22. The van der Waals surface area contributed by atoms with Crippen LogP contribution in [0.4, 0.5) is 0 Å². The van der Waals surface area contributed by atoms with Crippen molar-refractivity contribution >= 4 is 11.6 Å². The standard InChI is InChI=1S/C18H20ClNO/c19-17-10-5-4-9-16(17)18(13-20-14-18)11-6-12-21-15-7-2-1-3-8-15/h1-5,7-10,20H,6,11-14H2. The van der Waals surface area contributed by atoms with Crippen LogP contribution in [0.3, 0.4) is 0 Å². The Balaban J connectivity index is 1.57. The van der Waals surface area contributed by atoms with Crippen LogP contribution in [0.1, 0.15) is 18.4 Å². The normalized spacial score (nSPS) is 16.2. The third-order valence-electron chi connectivity index (χ3n) is 4.18. The molecule has 0 unspecified atom stereocenters. The summed E-state index contributed by atoms with van der Waals surface area (Å²) in [6.45, 7) is 2.75. The first kappa shape index (κ1) is 14.4. The van der Waals surface area contributed by atoms with Crippen LogP contribution in [-0.4, -0.2) is 19.7 Å². The van der Waals surface area contributed by atoms with Crippen LogP contribution in [0.25, 0.3) is 0 Å². The molecule has 0 atom stereocenters. The Hall–Kier alpha value is -1.51. The van der Waals surface area contributed by atoms with E-state index in [1.54, 1.807) is 0 Å². The van der Waals surface area contributed by atoms with Crippen molar-refractivity contribution in [3.05, 3.63) is 65.2 Å². The third-order valence-corrected chi connectivity index (χ3v) is 4.51. The minimum Gasteiger partial charge on any atom is -0.494 e. The number of rotatable bonds is 6. The van der Waals surface area contributed by atoms with Crippen molar-refractivity contribution in [2.24, 2.45) is 0 Å². The molecule has 0 amide bonds. The molecular weight excluding hydrogens is 282 g/mol. The van der Waals surface area contributed by atoms with Gasteiger partial charge in [0.2, 0.25) is 0 Å². The van der Waals surface area contributed by atoms with E-state index in [1.165, 1.54) is 5.56 Å². The van der Waals surface area contributed by atoms with Crippen LogP contribution in [-0.2, 0) is 5.41 Å². The second kappa shape index (κ2) is 6.50. The molecule has 1 aliphatic heterocycles. The highest BCUT2D eigenvalue weighted by molar-refractivity contribution is 6.31. The molecule has 3 heteroatoms. The Bertz CT molecular complexity index is 581. The monoisotopic (exact) mass is 301 g/mol. The Kier molecular flexibility index (Phi) is 4.47. The molecule has 0 saturated carbocycles. The SMILES string of the molecule is Clc1ccccc1C1(CCCOc2ccccc2)CNC1. The quantitative estimate of drug-likeness (QED) is 0.813. The summed E-state index contributed by atoms with van der Waals surface area (Å²) in [4.78, 5) is 0. The van der Waals surface area contributed by atoms with Crippen LogP contribution in [0.15, 0.2) is 54.6 Å². The summed E-state index contributed by atoms with van der Waals surface area (Å²) < 4.78 is 5.78. The first-order valence-electron chi connectivity index (χ1n) is 7.44. The second-order valence-electron chi connectivity index (χ2n) is 5.63. The van der Waals surface area contributed by atoms with Gasteiger partial charge in [0, 0.05) is 23.5 Å². The van der Waals surface area contributed by atoms with E-state index in [9.17, 15) is 0 Å². The van der Waals surface area contributed by atoms with E-state index >= 15 is 0 Å². The highest BCUT2D eigenvalue weighted by Crippen LogP contribution is 2.37. The molecule has 1 saturated heterocycles. The van der Waals surface area contributed by atoms with Crippen LogP contribution < -0.4 is 10.1 Å². The zero-order valence-electron chi connectivity index (χ0n) is 12.0. The molecule has 1 N–H and O–H groups in total. The van der Waals surface area contributed by atoms with E-state index in [0.29, 0.717) is 0 Å². The largest absolute Gasteiger partial charge is 0.494 e. The molecule has 0 radical (unpaired) electrons. The van der Waals surface area contributed by atoms with Crippen LogP contribution >= 0.6 is 11.6 Å². The predicted octanol–water partition coefficient (Wildman–Crippen LogP) is 4.04. The fourth-order valence-corrected chi connectivity index (χ4v) is 3.27. The molecule has 0 aromatic heterocycles. The van der Waals surface area contributed by atoms with Gasteiger partial charge in [-0.05, 0) is 36.6 Å². The second-order valence-corrected chi connectivity index (χ2v) is 6.04. The van der Waals surface area contributed by atoms with Crippen molar-refractivity contribution in [1.82, 2.24) is 5.32 Å². The number of hydrogen-bond acceptors (Lipinski definition) is 2. The lowest BCUT2D eigenvalue weighted by molar-refractivity contribution is 0.223. The van der Waals surface area contributed by atoms with E-state index in [1.807, 2.05) is 42.5 Å². The summed E-state index contributed by atoms with van der Waals surface area (Å²) in [7, 11) is 0. The zero-order chi connectivity index (χ0) is 14.5. The predicted molar refractivity (Wildman–Crippen MR) is 87.2 cm³/mol. The number of ether oxygens (including phenoxy) is 1. The molecule has 1 aliphatic rings. The lowest BCUT2D eigenvalue weighted by atomic mass is 9.72. The molecule has 1 heterocycles. The number of hydrogen-bond donors (Lipinski definition) is 1. The summed E-state index contributed by atoms with van der Waals surface area (Å²) in [5.41, 5.74) is 1.45. The summed E-state index contributed by atoms with van der Waals surface area (Å²) in [6, 6.07) is 18.2. The number of halogens is 1. The molecule has 0 spiro atoms. The van der Waals surface area contributed by atoms with E-state index in [0.717, 1.165) is 43.3 Å². The summed E-state index contributed by atoms with van der Waals surface area (Å²) in [5, 5.41) is 4.26. The topological polar surface area (TPSA) is 21.3 Å². The minimum absolute atomic E-state index is 0.179. The van der Waals surface area contributed by atoms with Crippen molar-refractivity contribution in [3.8, 4) is 5.75 Å². The van der Waals surface area contributed by atoms with Crippen molar-refractivity contribution in [2.45, 2.75) is 18.3 Å². The van der Waals surface area contributed by atoms with Gasteiger partial charge < -0.3 is 10.1 Å². The number of nitrogens with one attached hydrogen (secondary N) is 1. The van der Waals surface area contributed by atoms with Crippen molar-refractivity contribution in [3.63, 3.8) is 0 Å². The first-order valence-corrected chi connectivity index (χ1v) is 7.82. The lowest BCUT2D eigenvalue weighted by Gasteiger charge is -2.44. The van der Waals surface area contributed by atoms with Gasteiger partial charge in [-0.15, -0.1) is 0 Å². The fourth-order valence-electron chi connectivity index (χ4n) is 2.94. The first-order chi connectivity index (χ1) is 10.3. The van der Waals surface area contributed by atoms with Crippen molar-refractivity contribution < 1.29 is 4.74 Å². The number of para-hydroxylation sites is 1. The van der Waals surface area contributed by atoms with Crippen LogP contribution in [0.5, 0.6) is 5.75 Å². The van der Waals surface area contributed by atoms with Gasteiger partial charge >= 0.3 is 0 Å². The van der Waals surface area contributed by atoms with Crippen LogP contribution in [0.2, 0.25) is 5.02 Å². The van der Waals surface area contributed by atoms with Crippen molar-refractivity contribution in [1.29, 1.82) is 0 Å². The van der Waals surface area contributed by atoms with E-state index in [-0.39, 0.29) is 5.41 Å². The number of benzene rings is 2. The molecule has 2 nitrogen and oxygen atoms in total. The average molecular weight is 302 g/mol. The van der Waals surface area contributed by atoms with Crippen LogP contribution in [0, 0.1) is 0 Å². The van der Waals surface area contributed by atoms with Gasteiger partial charge in [-0.1, -0.05) is 48.0 Å². The molecule has 21 heavy (non-hydrogen) atoms. The van der Waals surface area contributed by atoms with Gasteiger partial charge in [0.05, 0.1) is 6.61 Å². The molecule has 110 valence electrons. The smallest absolute Gasteiger partial charge is 0.119 e. The van der Waals surface area contributed by atoms with Gasteiger partial charge in [-0.3, -0.25) is 0 Å². The summed E-state index contributed by atoms with van der Waals surface area (Å²) in [6.07, 6.45) is 2.12. The maximum atomic E-state index is 6.37. The molecule has 0 aliphatic carbocycles.